The van der Waals surface area contributed by atoms with Gasteiger partial charge in [0.25, 0.3) is 11.5 Å². The zero-order chi connectivity index (χ0) is 27.5. The van der Waals surface area contributed by atoms with E-state index in [-0.39, 0.29) is 53.7 Å². The summed E-state index contributed by atoms with van der Waals surface area (Å²) in [6, 6.07) is 7.85. The van der Waals surface area contributed by atoms with Gasteiger partial charge in [-0.2, -0.15) is 18.3 Å². The summed E-state index contributed by atoms with van der Waals surface area (Å²) in [5, 5.41) is 13.2. The molecular formula is C24H20ClF4N5O4. The molecule has 0 aliphatic carbocycles. The molecule has 2 aromatic carbocycles. The molecule has 9 nitrogen and oxygen atoms in total. The number of amides is 2. The molecule has 4 rings (SSSR count). The number of nitrogens with one attached hydrogen (secondary N) is 4. The van der Waals surface area contributed by atoms with Gasteiger partial charge in [-0.25, -0.2) is 9.49 Å². The third-order valence-electron chi connectivity index (χ3n) is 5.79. The summed E-state index contributed by atoms with van der Waals surface area (Å²) in [6.07, 6.45) is -3.42. The van der Waals surface area contributed by atoms with Gasteiger partial charge in [-0.3, -0.25) is 14.4 Å². The number of nitrogens with zero attached hydrogens (tertiary/aromatic N) is 1. The van der Waals surface area contributed by atoms with Crippen LogP contribution in [0, 0.1) is 5.82 Å². The van der Waals surface area contributed by atoms with Gasteiger partial charge in [-0.1, -0.05) is 17.7 Å². The molecule has 0 spiro atoms. The largest absolute Gasteiger partial charge is 0.418 e. The summed E-state index contributed by atoms with van der Waals surface area (Å²) in [5.41, 5.74) is -3.34. The Bertz CT molecular complexity index is 1420. The Morgan fingerprint density at radius 3 is 2.61 bits per heavy atom. The first-order valence-electron chi connectivity index (χ1n) is 11.1. The summed E-state index contributed by atoms with van der Waals surface area (Å²) in [6.45, 7) is -0.236. The van der Waals surface area contributed by atoms with Crippen molar-refractivity contribution in [3.05, 3.63) is 86.5 Å². The molecule has 14 heteroatoms. The second-order valence-corrected chi connectivity index (χ2v) is 8.91. The van der Waals surface area contributed by atoms with Gasteiger partial charge in [-0.05, 0) is 30.3 Å². The summed E-state index contributed by atoms with van der Waals surface area (Å²) >= 11 is 5.68. The fraction of sp³-hybridized carbons (Fsp3) is 0.250. The lowest BCUT2D eigenvalue weighted by Gasteiger charge is -2.27. The Morgan fingerprint density at radius 2 is 1.95 bits per heavy atom. The highest BCUT2D eigenvalue weighted by molar-refractivity contribution is 6.30. The number of hydrogen-bond acceptors (Lipinski definition) is 6. The van der Waals surface area contributed by atoms with E-state index >= 15 is 0 Å². The van der Waals surface area contributed by atoms with Gasteiger partial charge in [-0.15, -0.1) is 0 Å². The molecule has 1 aromatic heterocycles. The van der Waals surface area contributed by atoms with E-state index in [1.807, 2.05) is 0 Å². The van der Waals surface area contributed by atoms with Crippen LogP contribution in [0.15, 0.2) is 53.5 Å². The highest BCUT2D eigenvalue weighted by Gasteiger charge is 2.44. The smallest absolute Gasteiger partial charge is 0.378 e. The van der Waals surface area contributed by atoms with Gasteiger partial charge >= 0.3 is 6.18 Å². The minimum absolute atomic E-state index is 0.0461. The first kappa shape index (κ1) is 27.1. The van der Waals surface area contributed by atoms with Gasteiger partial charge in [0, 0.05) is 41.9 Å². The molecule has 4 N–H and O–H groups in total. The monoisotopic (exact) mass is 553 g/mol. The fourth-order valence-electron chi connectivity index (χ4n) is 3.82. The van der Waals surface area contributed by atoms with E-state index in [4.69, 9.17) is 16.3 Å². The number of anilines is 2. The molecule has 0 bridgehead atoms. The highest BCUT2D eigenvalue weighted by atomic mass is 35.5. The number of alkyl halides is 3. The van der Waals surface area contributed by atoms with Crippen LogP contribution in [-0.2, 0) is 22.3 Å². The average molecular weight is 554 g/mol. The summed E-state index contributed by atoms with van der Waals surface area (Å²) in [7, 11) is 0. The number of H-pyrrole nitrogens is 1. The SMILES string of the molecule is O=C(N[C@@]1(C(=O)NCc2ccc(Nc3ccc(Cl)cc3C(F)(F)F)cc2F)CCOC1)c1cn[nH]c(=O)c1. The van der Waals surface area contributed by atoms with E-state index in [0.717, 1.165) is 30.5 Å². The first-order chi connectivity index (χ1) is 18.0. The normalized spacial score (nSPS) is 17.2. The quantitative estimate of drug-likeness (QED) is 0.332. The molecule has 38 heavy (non-hydrogen) atoms. The van der Waals surface area contributed by atoms with Crippen molar-refractivity contribution < 1.29 is 31.9 Å². The van der Waals surface area contributed by atoms with Gasteiger partial charge < -0.3 is 20.7 Å². The number of carbonyl (C=O) groups excluding carboxylic acids is 2. The number of rotatable bonds is 7. The van der Waals surface area contributed by atoms with Crippen molar-refractivity contribution in [2.45, 2.75) is 24.7 Å². The van der Waals surface area contributed by atoms with Crippen molar-refractivity contribution in [2.24, 2.45) is 0 Å². The molecule has 1 saturated heterocycles. The molecule has 2 amide bonds. The van der Waals surface area contributed by atoms with Crippen LogP contribution < -0.4 is 21.5 Å². The van der Waals surface area contributed by atoms with Crippen LogP contribution in [0.1, 0.15) is 27.9 Å². The number of aromatic amines is 1. The van der Waals surface area contributed by atoms with E-state index < -0.39 is 40.5 Å². The molecule has 0 unspecified atom stereocenters. The Labute approximate surface area is 217 Å². The second-order valence-electron chi connectivity index (χ2n) is 8.47. The summed E-state index contributed by atoms with van der Waals surface area (Å²) < 4.78 is 60.1. The van der Waals surface area contributed by atoms with E-state index in [1.54, 1.807) is 0 Å². The summed E-state index contributed by atoms with van der Waals surface area (Å²) in [5.74, 6) is -2.14. The van der Waals surface area contributed by atoms with Crippen LogP contribution in [0.4, 0.5) is 28.9 Å². The zero-order valence-corrected chi connectivity index (χ0v) is 20.2. The lowest BCUT2D eigenvalue weighted by atomic mass is 9.96. The lowest BCUT2D eigenvalue weighted by molar-refractivity contribution is -0.137. The van der Waals surface area contributed by atoms with Crippen molar-refractivity contribution in [3.63, 3.8) is 0 Å². The topological polar surface area (TPSA) is 125 Å². The Hall–Kier alpha value is -3.97. The van der Waals surface area contributed by atoms with E-state index in [1.165, 1.54) is 18.2 Å². The number of halogens is 5. The van der Waals surface area contributed by atoms with Crippen molar-refractivity contribution in [3.8, 4) is 0 Å². The maximum Gasteiger partial charge on any atom is 0.418 e. The second kappa shape index (κ2) is 10.8. The van der Waals surface area contributed by atoms with Crippen LogP contribution in [0.2, 0.25) is 5.02 Å². The molecule has 1 aliphatic heterocycles. The van der Waals surface area contributed by atoms with Crippen molar-refractivity contribution in [1.29, 1.82) is 0 Å². The standard InChI is InChI=1S/C24H20ClF4N5O4/c25-15-2-4-19(17(8-15)24(27,28)29)32-16-3-1-13(18(26)9-16)10-30-22(37)23(5-6-38-12-23)33-21(36)14-7-20(35)34-31-11-14/h1-4,7-9,11,32H,5-6,10,12H2,(H,30,37)(H,33,36)(H,34,35)/t23-/m0/s1. The Kier molecular flexibility index (Phi) is 7.69. The maximum absolute atomic E-state index is 14.8. The Morgan fingerprint density at radius 1 is 1.16 bits per heavy atom. The number of carbonyl (C=O) groups is 2. The van der Waals surface area contributed by atoms with Crippen LogP contribution in [0.5, 0.6) is 0 Å². The van der Waals surface area contributed by atoms with Crippen LogP contribution >= 0.6 is 11.6 Å². The number of aromatic nitrogens is 2. The van der Waals surface area contributed by atoms with Crippen molar-refractivity contribution in [1.82, 2.24) is 20.8 Å². The lowest BCUT2D eigenvalue weighted by Crippen LogP contribution is -2.59. The van der Waals surface area contributed by atoms with Gasteiger partial charge in [0.15, 0.2) is 0 Å². The molecule has 2 heterocycles. The fourth-order valence-corrected chi connectivity index (χ4v) is 3.99. The average Bonchev–Trinajstić information content (AvgIpc) is 3.33. The van der Waals surface area contributed by atoms with Crippen LogP contribution in [0.25, 0.3) is 0 Å². The third kappa shape index (κ3) is 6.11. The zero-order valence-electron chi connectivity index (χ0n) is 19.4. The van der Waals surface area contributed by atoms with Gasteiger partial charge in [0.05, 0.1) is 29.6 Å². The molecule has 1 fully saturated rings. The minimum atomic E-state index is -4.68. The molecular weight excluding hydrogens is 534 g/mol. The molecule has 1 atom stereocenters. The number of hydrogen-bond donors (Lipinski definition) is 4. The molecule has 1 aliphatic rings. The first-order valence-corrected chi connectivity index (χ1v) is 11.5. The summed E-state index contributed by atoms with van der Waals surface area (Å²) in [4.78, 5) is 37.1. The van der Waals surface area contributed by atoms with Crippen LogP contribution in [-0.4, -0.2) is 40.8 Å². The van der Waals surface area contributed by atoms with E-state index in [2.05, 4.69) is 26.1 Å². The minimum Gasteiger partial charge on any atom is -0.378 e. The van der Waals surface area contributed by atoms with Crippen molar-refractivity contribution in [2.75, 3.05) is 18.5 Å². The van der Waals surface area contributed by atoms with Crippen molar-refractivity contribution >= 4 is 34.8 Å². The third-order valence-corrected chi connectivity index (χ3v) is 6.03. The molecule has 200 valence electrons. The number of ether oxygens (including phenoxy) is 1. The highest BCUT2D eigenvalue weighted by Crippen LogP contribution is 2.37. The molecule has 3 aromatic rings. The molecule has 0 saturated carbocycles. The van der Waals surface area contributed by atoms with E-state index in [9.17, 15) is 31.9 Å². The number of benzene rings is 2. The van der Waals surface area contributed by atoms with Crippen LogP contribution in [0.3, 0.4) is 0 Å². The van der Waals surface area contributed by atoms with Gasteiger partial charge in [0.2, 0.25) is 5.91 Å². The molecule has 0 radical (unpaired) electrons. The Balaban J connectivity index is 1.45. The van der Waals surface area contributed by atoms with E-state index in [0.29, 0.717) is 0 Å². The maximum atomic E-state index is 14.8. The predicted octanol–water partition coefficient (Wildman–Crippen LogP) is 3.53. The van der Waals surface area contributed by atoms with Gasteiger partial charge in [0.1, 0.15) is 11.4 Å². The predicted molar refractivity (Wildman–Crippen MR) is 128 cm³/mol.